The van der Waals surface area contributed by atoms with Gasteiger partial charge in [-0.05, 0) is 46.8 Å². The predicted molar refractivity (Wildman–Crippen MR) is 69.4 cm³/mol. The zero-order chi connectivity index (χ0) is 12.8. The normalized spacial score (nSPS) is 23.5. The zero-order valence-corrected chi connectivity index (χ0v) is 12.6. The Labute approximate surface area is 113 Å². The van der Waals surface area contributed by atoms with Gasteiger partial charge in [-0.15, -0.1) is 11.3 Å². The highest BCUT2D eigenvalue weighted by Gasteiger charge is 2.40. The van der Waals surface area contributed by atoms with E-state index in [1.165, 1.54) is 0 Å². The Hall–Kier alpha value is -0.400. The van der Waals surface area contributed by atoms with Gasteiger partial charge in [-0.1, -0.05) is 6.92 Å². The number of hydrogen-bond acceptors (Lipinski definition) is 4. The van der Waals surface area contributed by atoms with Crippen molar-refractivity contribution in [3.63, 3.8) is 0 Å². The maximum absolute atomic E-state index is 11.9. The van der Waals surface area contributed by atoms with Crippen LogP contribution in [-0.4, -0.2) is 14.3 Å². The molecule has 2 unspecified atom stereocenters. The van der Waals surface area contributed by atoms with Gasteiger partial charge in [0.25, 0.3) is 10.0 Å². The average molecular weight is 338 g/mol. The molecule has 1 saturated carbocycles. The van der Waals surface area contributed by atoms with Crippen LogP contribution in [0.25, 0.3) is 0 Å². The SMILES string of the molecule is Cc1cc(S(=O)(=O)NC(=O)C2CC2C)sc1Br. The Morgan fingerprint density at radius 3 is 2.59 bits per heavy atom. The molecule has 94 valence electrons. The number of amides is 1. The Morgan fingerprint density at radius 1 is 1.59 bits per heavy atom. The summed E-state index contributed by atoms with van der Waals surface area (Å²) >= 11 is 4.38. The standard InChI is InChI=1S/C10H12BrNO3S2/c1-5-3-7(5)10(13)12-17(14,15)8-4-6(2)9(11)16-8/h4-5,7H,3H2,1-2H3,(H,12,13). The van der Waals surface area contributed by atoms with Gasteiger partial charge in [0.05, 0.1) is 3.79 Å². The van der Waals surface area contributed by atoms with Crippen LogP contribution < -0.4 is 4.72 Å². The average Bonchev–Trinajstić information content (AvgIpc) is 2.84. The Morgan fingerprint density at radius 2 is 2.18 bits per heavy atom. The highest BCUT2D eigenvalue weighted by Crippen LogP contribution is 2.38. The second kappa shape index (κ2) is 4.37. The third-order valence-electron chi connectivity index (χ3n) is 2.78. The van der Waals surface area contributed by atoms with E-state index in [9.17, 15) is 13.2 Å². The van der Waals surface area contributed by atoms with E-state index in [4.69, 9.17) is 0 Å². The smallest absolute Gasteiger partial charge is 0.273 e. The van der Waals surface area contributed by atoms with E-state index >= 15 is 0 Å². The molecule has 1 amide bonds. The lowest BCUT2D eigenvalue weighted by Gasteiger charge is -2.03. The Bertz CT molecular complexity index is 545. The summed E-state index contributed by atoms with van der Waals surface area (Å²) in [7, 11) is -3.70. The van der Waals surface area contributed by atoms with Crippen molar-refractivity contribution in [1.29, 1.82) is 0 Å². The van der Waals surface area contributed by atoms with Crippen molar-refractivity contribution in [3.8, 4) is 0 Å². The van der Waals surface area contributed by atoms with Crippen LogP contribution in [0.15, 0.2) is 14.1 Å². The molecule has 1 fully saturated rings. The van der Waals surface area contributed by atoms with Crippen LogP contribution in [0, 0.1) is 18.8 Å². The molecule has 1 heterocycles. The summed E-state index contributed by atoms with van der Waals surface area (Å²) in [6, 6.07) is 1.56. The molecule has 2 rings (SSSR count). The molecular formula is C10H12BrNO3S2. The van der Waals surface area contributed by atoms with E-state index in [1.807, 2.05) is 13.8 Å². The van der Waals surface area contributed by atoms with Crippen LogP contribution in [0.1, 0.15) is 18.9 Å². The summed E-state index contributed by atoms with van der Waals surface area (Å²) in [6.45, 7) is 3.74. The van der Waals surface area contributed by atoms with Gasteiger partial charge in [0.1, 0.15) is 4.21 Å². The second-order valence-corrected chi connectivity index (χ2v) is 8.59. The number of aryl methyl sites for hydroxylation is 1. The van der Waals surface area contributed by atoms with Crippen LogP contribution in [0.4, 0.5) is 0 Å². The molecule has 1 N–H and O–H groups in total. The number of carbonyl (C=O) groups excluding carboxylic acids is 1. The molecule has 1 aromatic heterocycles. The number of hydrogen-bond donors (Lipinski definition) is 1. The molecule has 0 aromatic carbocycles. The topological polar surface area (TPSA) is 63.2 Å². The largest absolute Gasteiger partial charge is 0.274 e. The minimum absolute atomic E-state index is 0.144. The van der Waals surface area contributed by atoms with Crippen molar-refractivity contribution in [2.45, 2.75) is 24.5 Å². The highest BCUT2D eigenvalue weighted by molar-refractivity contribution is 9.11. The number of halogens is 1. The second-order valence-electron chi connectivity index (χ2n) is 4.31. The maximum Gasteiger partial charge on any atom is 0.273 e. The maximum atomic E-state index is 11.9. The van der Waals surface area contributed by atoms with E-state index in [0.717, 1.165) is 27.1 Å². The lowest BCUT2D eigenvalue weighted by atomic mass is 10.3. The monoisotopic (exact) mass is 337 g/mol. The van der Waals surface area contributed by atoms with Crippen LogP contribution in [0.5, 0.6) is 0 Å². The fraction of sp³-hybridized carbons (Fsp3) is 0.500. The first-order valence-electron chi connectivity index (χ1n) is 5.14. The minimum atomic E-state index is -3.70. The van der Waals surface area contributed by atoms with Crippen molar-refractivity contribution >= 4 is 43.2 Å². The fourth-order valence-electron chi connectivity index (χ4n) is 1.51. The summed E-state index contributed by atoms with van der Waals surface area (Å²) in [5.41, 5.74) is 0.850. The van der Waals surface area contributed by atoms with Gasteiger partial charge in [-0.3, -0.25) is 4.79 Å². The molecule has 0 radical (unpaired) electrons. The summed E-state index contributed by atoms with van der Waals surface area (Å²) in [4.78, 5) is 11.6. The van der Waals surface area contributed by atoms with Crippen molar-refractivity contribution in [2.24, 2.45) is 11.8 Å². The first-order valence-corrected chi connectivity index (χ1v) is 8.23. The van der Waals surface area contributed by atoms with Crippen molar-refractivity contribution in [2.75, 3.05) is 0 Å². The lowest BCUT2D eigenvalue weighted by molar-refractivity contribution is -0.120. The quantitative estimate of drug-likeness (QED) is 0.920. The van der Waals surface area contributed by atoms with Crippen LogP contribution >= 0.6 is 27.3 Å². The number of rotatable bonds is 3. The molecule has 0 spiro atoms. The van der Waals surface area contributed by atoms with Gasteiger partial charge in [0, 0.05) is 5.92 Å². The van der Waals surface area contributed by atoms with E-state index in [1.54, 1.807) is 6.07 Å². The minimum Gasteiger partial charge on any atom is -0.274 e. The first kappa shape index (κ1) is 13.0. The van der Waals surface area contributed by atoms with Crippen molar-refractivity contribution in [3.05, 3.63) is 15.4 Å². The third kappa shape index (κ3) is 2.71. The van der Waals surface area contributed by atoms with E-state index in [2.05, 4.69) is 20.7 Å². The number of sulfonamides is 1. The van der Waals surface area contributed by atoms with E-state index < -0.39 is 10.0 Å². The first-order chi connectivity index (χ1) is 7.81. The highest BCUT2D eigenvalue weighted by atomic mass is 79.9. The van der Waals surface area contributed by atoms with Crippen molar-refractivity contribution < 1.29 is 13.2 Å². The number of thiophene rings is 1. The van der Waals surface area contributed by atoms with Crippen LogP contribution in [-0.2, 0) is 14.8 Å². The summed E-state index contributed by atoms with van der Waals surface area (Å²) in [5.74, 6) is -0.240. The number of carbonyl (C=O) groups is 1. The van der Waals surface area contributed by atoms with E-state index in [-0.39, 0.29) is 16.0 Å². The summed E-state index contributed by atoms with van der Waals surface area (Å²) in [5, 5.41) is 0. The molecule has 0 saturated heterocycles. The lowest BCUT2D eigenvalue weighted by Crippen LogP contribution is -2.31. The van der Waals surface area contributed by atoms with Gasteiger partial charge in [-0.25, -0.2) is 13.1 Å². The molecule has 1 aliphatic carbocycles. The predicted octanol–water partition coefficient (Wildman–Crippen LogP) is 2.28. The molecule has 7 heteroatoms. The number of nitrogens with one attached hydrogen (secondary N) is 1. The van der Waals surface area contributed by atoms with Gasteiger partial charge in [0.15, 0.2) is 0 Å². The molecule has 2 atom stereocenters. The summed E-state index contributed by atoms with van der Waals surface area (Å²) < 4.78 is 26.9. The molecule has 1 aliphatic rings. The Balaban J connectivity index is 2.16. The Kier molecular flexibility index (Phi) is 3.35. The molecule has 1 aromatic rings. The molecule has 0 aliphatic heterocycles. The van der Waals surface area contributed by atoms with Crippen LogP contribution in [0.3, 0.4) is 0 Å². The molecule has 0 bridgehead atoms. The van der Waals surface area contributed by atoms with Crippen LogP contribution in [0.2, 0.25) is 0 Å². The summed E-state index contributed by atoms with van der Waals surface area (Å²) in [6.07, 6.45) is 0.772. The molecule has 4 nitrogen and oxygen atoms in total. The van der Waals surface area contributed by atoms with Gasteiger partial charge in [-0.2, -0.15) is 0 Å². The van der Waals surface area contributed by atoms with Gasteiger partial charge < -0.3 is 0 Å². The van der Waals surface area contributed by atoms with E-state index in [0.29, 0.717) is 5.92 Å². The fourth-order valence-corrected chi connectivity index (χ4v) is 4.76. The van der Waals surface area contributed by atoms with Gasteiger partial charge >= 0.3 is 0 Å². The zero-order valence-electron chi connectivity index (χ0n) is 9.36. The van der Waals surface area contributed by atoms with Gasteiger partial charge in [0.2, 0.25) is 5.91 Å². The third-order valence-corrected chi connectivity index (χ3v) is 6.74. The molecular weight excluding hydrogens is 326 g/mol. The van der Waals surface area contributed by atoms with Crippen molar-refractivity contribution in [1.82, 2.24) is 4.72 Å². The molecule has 17 heavy (non-hydrogen) atoms.